The summed E-state index contributed by atoms with van der Waals surface area (Å²) in [6.45, 7) is 5.54. The normalized spacial score (nSPS) is 17.1. The summed E-state index contributed by atoms with van der Waals surface area (Å²) >= 11 is 0. The maximum Gasteiger partial charge on any atom is 0.417 e. The Hall–Kier alpha value is -2.32. The smallest absolute Gasteiger partial charge is 0.417 e. The van der Waals surface area contributed by atoms with E-state index in [-0.39, 0.29) is 6.61 Å². The van der Waals surface area contributed by atoms with Gasteiger partial charge in [-0.15, -0.1) is 0 Å². The molecule has 1 unspecified atom stereocenters. The minimum atomic E-state index is -4.38. The van der Waals surface area contributed by atoms with E-state index >= 15 is 0 Å². The molecule has 0 amide bonds. The van der Waals surface area contributed by atoms with Gasteiger partial charge in [-0.3, -0.25) is 4.90 Å². The van der Waals surface area contributed by atoms with Gasteiger partial charge in [0.05, 0.1) is 5.56 Å². The molecule has 1 aliphatic heterocycles. The molecule has 29 heavy (non-hydrogen) atoms. The second-order valence-electron chi connectivity index (χ2n) is 7.33. The molecule has 1 aromatic heterocycles. The molecule has 1 aliphatic rings. The summed E-state index contributed by atoms with van der Waals surface area (Å²) in [6, 6.07) is 10.2. The van der Waals surface area contributed by atoms with Crippen LogP contribution < -0.4 is 9.64 Å². The third-order valence-corrected chi connectivity index (χ3v) is 4.89. The van der Waals surface area contributed by atoms with Crippen LogP contribution >= 0.6 is 0 Å². The number of aliphatic hydroxyl groups is 1. The second kappa shape index (κ2) is 9.45. The average Bonchev–Trinajstić information content (AvgIpc) is 2.91. The van der Waals surface area contributed by atoms with Crippen molar-refractivity contribution in [3.05, 3.63) is 53.7 Å². The number of rotatable bonds is 6. The van der Waals surface area contributed by atoms with E-state index in [2.05, 4.69) is 9.88 Å². The second-order valence-corrected chi connectivity index (χ2v) is 7.33. The van der Waals surface area contributed by atoms with Gasteiger partial charge in [-0.05, 0) is 49.7 Å². The third-order valence-electron chi connectivity index (χ3n) is 4.89. The number of benzene rings is 1. The van der Waals surface area contributed by atoms with Gasteiger partial charge in [0.2, 0.25) is 0 Å². The lowest BCUT2D eigenvalue weighted by Gasteiger charge is -2.24. The standard InChI is InChI=1S/C21H26F3N3O2/c1-16-4-2-5-19(12-16)29-15-18(28)14-26-8-3-9-27(11-10-26)20-7-6-17(13-25-20)21(22,23)24/h2,4-7,12-13,18,28H,3,8-11,14-15H2,1H3. The molecule has 1 N–H and O–H groups in total. The van der Waals surface area contributed by atoms with E-state index < -0.39 is 17.8 Å². The molecule has 1 aromatic carbocycles. The van der Waals surface area contributed by atoms with Gasteiger partial charge in [-0.2, -0.15) is 13.2 Å². The minimum Gasteiger partial charge on any atom is -0.491 e. The van der Waals surface area contributed by atoms with Crippen molar-refractivity contribution in [2.24, 2.45) is 0 Å². The van der Waals surface area contributed by atoms with E-state index in [1.165, 1.54) is 6.07 Å². The molecule has 3 rings (SSSR count). The molecular weight excluding hydrogens is 383 g/mol. The van der Waals surface area contributed by atoms with Gasteiger partial charge in [-0.25, -0.2) is 4.98 Å². The van der Waals surface area contributed by atoms with Crippen LogP contribution in [0.4, 0.5) is 19.0 Å². The molecule has 158 valence electrons. The molecular formula is C21H26F3N3O2. The highest BCUT2D eigenvalue weighted by atomic mass is 19.4. The fourth-order valence-corrected chi connectivity index (χ4v) is 3.37. The van der Waals surface area contributed by atoms with E-state index in [9.17, 15) is 18.3 Å². The number of ether oxygens (including phenoxy) is 1. The zero-order valence-corrected chi connectivity index (χ0v) is 16.4. The van der Waals surface area contributed by atoms with Gasteiger partial charge in [0, 0.05) is 32.4 Å². The topological polar surface area (TPSA) is 48.8 Å². The number of anilines is 1. The van der Waals surface area contributed by atoms with Crippen LogP contribution in [0.1, 0.15) is 17.5 Å². The first-order valence-electron chi connectivity index (χ1n) is 9.69. The molecule has 0 saturated carbocycles. The Bertz CT molecular complexity index is 783. The Balaban J connectivity index is 1.48. The number of pyridine rings is 1. The SMILES string of the molecule is Cc1cccc(OCC(O)CN2CCCN(c3ccc(C(F)(F)F)cn3)CC2)c1. The van der Waals surface area contributed by atoms with Crippen LogP contribution in [0.5, 0.6) is 5.75 Å². The number of hydrogen-bond acceptors (Lipinski definition) is 5. The van der Waals surface area contributed by atoms with Gasteiger partial charge in [0.15, 0.2) is 0 Å². The number of hydrogen-bond donors (Lipinski definition) is 1. The molecule has 2 heterocycles. The van der Waals surface area contributed by atoms with Crippen molar-refractivity contribution in [1.29, 1.82) is 0 Å². The number of aromatic nitrogens is 1. The maximum atomic E-state index is 12.7. The predicted octanol–water partition coefficient (Wildman–Crippen LogP) is 3.36. The Kier molecular flexibility index (Phi) is 6.97. The molecule has 1 saturated heterocycles. The molecule has 5 nitrogen and oxygen atoms in total. The number of nitrogens with zero attached hydrogens (tertiary/aromatic N) is 3. The Labute approximate surface area is 168 Å². The van der Waals surface area contributed by atoms with Crippen molar-refractivity contribution in [3.63, 3.8) is 0 Å². The van der Waals surface area contributed by atoms with Gasteiger partial charge in [-0.1, -0.05) is 12.1 Å². The zero-order valence-electron chi connectivity index (χ0n) is 16.4. The van der Waals surface area contributed by atoms with Gasteiger partial charge < -0.3 is 14.7 Å². The lowest BCUT2D eigenvalue weighted by Crippen LogP contribution is -2.38. The summed E-state index contributed by atoms with van der Waals surface area (Å²) in [4.78, 5) is 8.11. The fraction of sp³-hybridized carbons (Fsp3) is 0.476. The quantitative estimate of drug-likeness (QED) is 0.793. The minimum absolute atomic E-state index is 0.212. The Morgan fingerprint density at radius 1 is 1.14 bits per heavy atom. The van der Waals surface area contributed by atoms with Crippen LogP contribution in [0.25, 0.3) is 0 Å². The van der Waals surface area contributed by atoms with Crippen LogP contribution in [0.2, 0.25) is 0 Å². The van der Waals surface area contributed by atoms with Gasteiger partial charge in [0.1, 0.15) is 24.3 Å². The third kappa shape index (κ3) is 6.33. The highest BCUT2D eigenvalue weighted by Gasteiger charge is 2.31. The summed E-state index contributed by atoms with van der Waals surface area (Å²) in [5, 5.41) is 10.3. The van der Waals surface area contributed by atoms with Crippen LogP contribution in [0.3, 0.4) is 0 Å². The highest BCUT2D eigenvalue weighted by molar-refractivity contribution is 5.40. The molecule has 0 radical (unpaired) electrons. The first-order valence-corrected chi connectivity index (χ1v) is 9.69. The largest absolute Gasteiger partial charge is 0.491 e. The van der Waals surface area contributed by atoms with Crippen molar-refractivity contribution in [1.82, 2.24) is 9.88 Å². The summed E-state index contributed by atoms with van der Waals surface area (Å²) in [7, 11) is 0. The van der Waals surface area contributed by atoms with Crippen LogP contribution in [-0.4, -0.2) is 60.4 Å². The molecule has 1 fully saturated rings. The lowest BCUT2D eigenvalue weighted by molar-refractivity contribution is -0.137. The van der Waals surface area contributed by atoms with Crippen LogP contribution in [0.15, 0.2) is 42.6 Å². The molecule has 2 aromatic rings. The summed E-state index contributed by atoms with van der Waals surface area (Å²) in [6.07, 6.45) is -3.28. The van der Waals surface area contributed by atoms with E-state index in [0.29, 0.717) is 32.0 Å². The van der Waals surface area contributed by atoms with Crippen molar-refractivity contribution in [3.8, 4) is 5.75 Å². The lowest BCUT2D eigenvalue weighted by atomic mass is 10.2. The predicted molar refractivity (Wildman–Crippen MR) is 105 cm³/mol. The van der Waals surface area contributed by atoms with Crippen LogP contribution in [0, 0.1) is 6.92 Å². The van der Waals surface area contributed by atoms with Crippen LogP contribution in [-0.2, 0) is 6.18 Å². The van der Waals surface area contributed by atoms with E-state index in [1.54, 1.807) is 0 Å². The first kappa shape index (κ1) is 21.4. The maximum absolute atomic E-state index is 12.7. The number of aliphatic hydroxyl groups excluding tert-OH is 1. The summed E-state index contributed by atoms with van der Waals surface area (Å²) in [5.41, 5.74) is 0.357. The average molecular weight is 409 g/mol. The van der Waals surface area contributed by atoms with Crippen molar-refractivity contribution in [2.75, 3.05) is 44.2 Å². The summed E-state index contributed by atoms with van der Waals surface area (Å²) < 4.78 is 43.8. The monoisotopic (exact) mass is 409 g/mol. The summed E-state index contributed by atoms with van der Waals surface area (Å²) in [5.74, 6) is 1.28. The number of halogens is 3. The Morgan fingerprint density at radius 2 is 1.97 bits per heavy atom. The highest BCUT2D eigenvalue weighted by Crippen LogP contribution is 2.29. The number of alkyl halides is 3. The van der Waals surface area contributed by atoms with Crippen molar-refractivity contribution >= 4 is 5.82 Å². The molecule has 0 bridgehead atoms. The molecule has 0 spiro atoms. The number of β-amino-alcohol motifs (C(OH)–C–C–N with tert-alkyl or cyclic N) is 1. The molecule has 1 atom stereocenters. The Morgan fingerprint density at radius 3 is 2.66 bits per heavy atom. The molecule has 8 heteroatoms. The van der Waals surface area contributed by atoms with E-state index in [4.69, 9.17) is 4.74 Å². The fourth-order valence-electron chi connectivity index (χ4n) is 3.37. The van der Waals surface area contributed by atoms with E-state index in [1.807, 2.05) is 36.1 Å². The van der Waals surface area contributed by atoms with Gasteiger partial charge >= 0.3 is 6.18 Å². The van der Waals surface area contributed by atoms with Gasteiger partial charge in [0.25, 0.3) is 0 Å². The molecule has 0 aliphatic carbocycles. The van der Waals surface area contributed by atoms with Crippen molar-refractivity contribution < 1.29 is 23.0 Å². The zero-order chi connectivity index (χ0) is 20.9. The van der Waals surface area contributed by atoms with Crippen molar-refractivity contribution in [2.45, 2.75) is 25.6 Å². The van der Waals surface area contributed by atoms with E-state index in [0.717, 1.165) is 36.5 Å². The number of aryl methyl sites for hydroxylation is 1. The first-order chi connectivity index (χ1) is 13.8.